The molecule has 0 saturated carbocycles. The van der Waals surface area contributed by atoms with Crippen molar-refractivity contribution in [3.63, 3.8) is 0 Å². The summed E-state index contributed by atoms with van der Waals surface area (Å²) >= 11 is 0. The van der Waals surface area contributed by atoms with Crippen LogP contribution in [0.5, 0.6) is 5.75 Å². The summed E-state index contributed by atoms with van der Waals surface area (Å²) in [7, 11) is 0. The Morgan fingerprint density at radius 1 is 1.47 bits per heavy atom. The van der Waals surface area contributed by atoms with E-state index < -0.39 is 6.04 Å². The lowest BCUT2D eigenvalue weighted by molar-refractivity contribution is -0.123. The van der Waals surface area contributed by atoms with Gasteiger partial charge in [0.05, 0.1) is 12.6 Å². The van der Waals surface area contributed by atoms with Crippen LogP contribution >= 0.6 is 0 Å². The molecule has 2 unspecified atom stereocenters. The number of nitrogens with two attached hydrogens (primary N) is 1. The molecule has 104 valence electrons. The Hall–Kier alpha value is -1.55. The highest BCUT2D eigenvalue weighted by Crippen LogP contribution is 2.27. The summed E-state index contributed by atoms with van der Waals surface area (Å²) in [4.78, 5) is 11.8. The van der Waals surface area contributed by atoms with Crippen LogP contribution in [0, 0.1) is 5.92 Å². The molecular formula is C15H22N2O2. The minimum atomic E-state index is -0.427. The lowest BCUT2D eigenvalue weighted by Crippen LogP contribution is -2.44. The predicted molar refractivity (Wildman–Crippen MR) is 75.0 cm³/mol. The summed E-state index contributed by atoms with van der Waals surface area (Å²) in [6.07, 6.45) is 1.57. The van der Waals surface area contributed by atoms with Crippen LogP contribution in [0.3, 0.4) is 0 Å². The molecule has 2 atom stereocenters. The van der Waals surface area contributed by atoms with Gasteiger partial charge in [-0.1, -0.05) is 32.0 Å². The van der Waals surface area contributed by atoms with Crippen molar-refractivity contribution in [3.05, 3.63) is 29.8 Å². The minimum absolute atomic E-state index is 0.0209. The lowest BCUT2D eigenvalue weighted by atomic mass is 10.0. The number of para-hydroxylation sites is 1. The van der Waals surface area contributed by atoms with Crippen LogP contribution < -0.4 is 15.8 Å². The molecule has 3 N–H and O–H groups in total. The standard InChI is InChI=1S/C15H22N2O2/c1-10(2)7-13(16)15(18)17-9-12-8-11-5-3-4-6-14(11)19-12/h3-6,10,12-13H,7-9,16H2,1-2H3,(H,17,18). The Bertz CT molecular complexity index is 421. The summed E-state index contributed by atoms with van der Waals surface area (Å²) in [5.41, 5.74) is 7.04. The fourth-order valence-corrected chi connectivity index (χ4v) is 2.33. The van der Waals surface area contributed by atoms with E-state index in [4.69, 9.17) is 10.5 Å². The SMILES string of the molecule is CC(C)CC(N)C(=O)NCC1Cc2ccccc2O1. The van der Waals surface area contributed by atoms with Gasteiger partial charge in [-0.2, -0.15) is 0 Å². The van der Waals surface area contributed by atoms with Crippen molar-refractivity contribution in [1.82, 2.24) is 5.32 Å². The first-order valence-corrected chi connectivity index (χ1v) is 6.84. The van der Waals surface area contributed by atoms with E-state index in [0.717, 1.165) is 12.2 Å². The van der Waals surface area contributed by atoms with Crippen molar-refractivity contribution in [1.29, 1.82) is 0 Å². The number of hydrogen-bond donors (Lipinski definition) is 2. The van der Waals surface area contributed by atoms with Gasteiger partial charge in [-0.05, 0) is 24.0 Å². The van der Waals surface area contributed by atoms with E-state index in [2.05, 4.69) is 25.2 Å². The third-order valence-corrected chi connectivity index (χ3v) is 3.28. The molecule has 4 nitrogen and oxygen atoms in total. The van der Waals surface area contributed by atoms with Gasteiger partial charge in [0.1, 0.15) is 11.9 Å². The van der Waals surface area contributed by atoms with Gasteiger partial charge >= 0.3 is 0 Å². The Kier molecular flexibility index (Phi) is 4.43. The zero-order chi connectivity index (χ0) is 13.8. The zero-order valence-electron chi connectivity index (χ0n) is 11.6. The molecule has 0 aromatic heterocycles. The smallest absolute Gasteiger partial charge is 0.237 e. The molecule has 4 heteroatoms. The molecule has 1 aliphatic rings. The Balaban J connectivity index is 1.77. The predicted octanol–water partition coefficient (Wildman–Crippen LogP) is 1.48. The van der Waals surface area contributed by atoms with Gasteiger partial charge in [-0.15, -0.1) is 0 Å². The summed E-state index contributed by atoms with van der Waals surface area (Å²) in [5.74, 6) is 1.26. The van der Waals surface area contributed by atoms with E-state index in [9.17, 15) is 4.79 Å². The average Bonchev–Trinajstić information content (AvgIpc) is 2.77. The van der Waals surface area contributed by atoms with Gasteiger partial charge in [-0.25, -0.2) is 0 Å². The van der Waals surface area contributed by atoms with Crippen molar-refractivity contribution in [2.75, 3.05) is 6.54 Å². The molecule has 0 radical (unpaired) electrons. The van der Waals surface area contributed by atoms with Crippen molar-refractivity contribution in [2.45, 2.75) is 38.8 Å². The molecule has 1 amide bonds. The molecule has 1 aromatic carbocycles. The molecule has 1 aliphatic heterocycles. The van der Waals surface area contributed by atoms with Crippen molar-refractivity contribution < 1.29 is 9.53 Å². The average molecular weight is 262 g/mol. The first-order chi connectivity index (χ1) is 9.06. The Labute approximate surface area is 114 Å². The van der Waals surface area contributed by atoms with Gasteiger partial charge in [0, 0.05) is 6.42 Å². The van der Waals surface area contributed by atoms with Crippen LogP contribution in [0.4, 0.5) is 0 Å². The van der Waals surface area contributed by atoms with Crippen LogP contribution in [-0.2, 0) is 11.2 Å². The van der Waals surface area contributed by atoms with Crippen LogP contribution in [0.1, 0.15) is 25.8 Å². The quantitative estimate of drug-likeness (QED) is 0.845. The lowest BCUT2D eigenvalue weighted by Gasteiger charge is -2.16. The minimum Gasteiger partial charge on any atom is -0.488 e. The van der Waals surface area contributed by atoms with E-state index >= 15 is 0 Å². The maximum Gasteiger partial charge on any atom is 0.237 e. The highest BCUT2D eigenvalue weighted by Gasteiger charge is 2.23. The molecule has 2 rings (SSSR count). The fourth-order valence-electron chi connectivity index (χ4n) is 2.33. The number of hydrogen-bond acceptors (Lipinski definition) is 3. The van der Waals surface area contributed by atoms with Gasteiger partial charge in [-0.3, -0.25) is 4.79 Å². The third kappa shape index (κ3) is 3.70. The van der Waals surface area contributed by atoms with Gasteiger partial charge < -0.3 is 15.8 Å². The Morgan fingerprint density at radius 2 is 2.21 bits per heavy atom. The number of fused-ring (bicyclic) bond motifs is 1. The van der Waals surface area contributed by atoms with E-state index in [1.165, 1.54) is 5.56 Å². The summed E-state index contributed by atoms with van der Waals surface area (Å²) in [6, 6.07) is 7.55. The number of carbonyl (C=O) groups excluding carboxylic acids is 1. The van der Waals surface area contributed by atoms with Crippen LogP contribution in [0.2, 0.25) is 0 Å². The fraction of sp³-hybridized carbons (Fsp3) is 0.533. The monoisotopic (exact) mass is 262 g/mol. The molecule has 0 saturated heterocycles. The maximum atomic E-state index is 11.8. The van der Waals surface area contributed by atoms with Gasteiger partial charge in [0.25, 0.3) is 0 Å². The van der Waals surface area contributed by atoms with Crippen LogP contribution in [0.15, 0.2) is 24.3 Å². The molecular weight excluding hydrogens is 240 g/mol. The molecule has 0 fully saturated rings. The zero-order valence-corrected chi connectivity index (χ0v) is 11.6. The third-order valence-electron chi connectivity index (χ3n) is 3.28. The number of nitrogens with one attached hydrogen (secondary N) is 1. The molecule has 1 heterocycles. The highest BCUT2D eigenvalue weighted by molar-refractivity contribution is 5.81. The van der Waals surface area contributed by atoms with Gasteiger partial charge in [0.2, 0.25) is 5.91 Å². The molecule has 19 heavy (non-hydrogen) atoms. The largest absolute Gasteiger partial charge is 0.488 e. The van der Waals surface area contributed by atoms with E-state index in [-0.39, 0.29) is 12.0 Å². The number of benzene rings is 1. The van der Waals surface area contributed by atoms with Crippen molar-refractivity contribution >= 4 is 5.91 Å². The molecule has 0 bridgehead atoms. The van der Waals surface area contributed by atoms with E-state index in [1.807, 2.05) is 18.2 Å². The van der Waals surface area contributed by atoms with Crippen molar-refractivity contribution in [2.24, 2.45) is 11.7 Å². The summed E-state index contributed by atoms with van der Waals surface area (Å²) in [5, 5.41) is 2.88. The summed E-state index contributed by atoms with van der Waals surface area (Å²) < 4.78 is 5.76. The number of carbonyl (C=O) groups is 1. The molecule has 0 spiro atoms. The maximum absolute atomic E-state index is 11.8. The first kappa shape index (κ1) is 13.9. The molecule has 0 aliphatic carbocycles. The highest BCUT2D eigenvalue weighted by atomic mass is 16.5. The second kappa shape index (κ2) is 6.06. The van der Waals surface area contributed by atoms with E-state index in [0.29, 0.717) is 18.9 Å². The Morgan fingerprint density at radius 3 is 2.89 bits per heavy atom. The number of amides is 1. The van der Waals surface area contributed by atoms with Crippen LogP contribution in [-0.4, -0.2) is 24.6 Å². The normalized spacial score (nSPS) is 18.8. The topological polar surface area (TPSA) is 64.4 Å². The second-order valence-electron chi connectivity index (χ2n) is 5.53. The van der Waals surface area contributed by atoms with Crippen LogP contribution in [0.25, 0.3) is 0 Å². The second-order valence-corrected chi connectivity index (χ2v) is 5.53. The number of ether oxygens (including phenoxy) is 1. The first-order valence-electron chi connectivity index (χ1n) is 6.84. The number of rotatable bonds is 5. The summed E-state index contributed by atoms with van der Waals surface area (Å²) in [6.45, 7) is 4.63. The van der Waals surface area contributed by atoms with E-state index in [1.54, 1.807) is 0 Å². The van der Waals surface area contributed by atoms with Gasteiger partial charge in [0.15, 0.2) is 0 Å². The molecule has 1 aromatic rings. The van der Waals surface area contributed by atoms with Crippen molar-refractivity contribution in [3.8, 4) is 5.75 Å².